The molecule has 2 rings (SSSR count). The number of benzene rings is 2. The first-order valence-corrected chi connectivity index (χ1v) is 9.86. The van der Waals surface area contributed by atoms with E-state index < -0.39 is 84.3 Å². The fourth-order valence-corrected chi connectivity index (χ4v) is 2.05. The molecule has 0 aliphatic heterocycles. The van der Waals surface area contributed by atoms with Gasteiger partial charge in [0.05, 0.1) is 0 Å². The molecule has 20 heteroatoms. The van der Waals surface area contributed by atoms with Crippen LogP contribution in [0.2, 0.25) is 0 Å². The van der Waals surface area contributed by atoms with Crippen molar-refractivity contribution < 1.29 is 106 Å². The largest absolute Gasteiger partial charge is 3.00 e. The van der Waals surface area contributed by atoms with E-state index in [0.29, 0.717) is 0 Å². The van der Waals surface area contributed by atoms with Crippen LogP contribution in [0.1, 0.15) is 26.7 Å². The fourth-order valence-electron chi connectivity index (χ4n) is 2.05. The Labute approximate surface area is 235 Å². The van der Waals surface area contributed by atoms with Gasteiger partial charge >= 0.3 is 40.0 Å². The predicted octanol–water partition coefficient (Wildman–Crippen LogP) is 0.958. The summed E-state index contributed by atoms with van der Waals surface area (Å²) in [4.78, 5) is 0. The van der Waals surface area contributed by atoms with E-state index in [0.717, 1.165) is 0 Å². The molecule has 2 aromatic carbocycles. The van der Waals surface area contributed by atoms with Gasteiger partial charge in [0.1, 0.15) is 7.32 Å². The Balaban J connectivity index is 0. The second kappa shape index (κ2) is 18.6. The molecular formula is C18H16B2F10NO6Y. The van der Waals surface area contributed by atoms with E-state index in [9.17, 15) is 59.0 Å². The van der Waals surface area contributed by atoms with E-state index in [-0.39, 0.29) is 32.7 Å². The molecule has 38 heavy (non-hydrogen) atoms. The minimum atomic E-state index is -3.20. The summed E-state index contributed by atoms with van der Waals surface area (Å²) in [5.74, 6) is -26.9. The maximum Gasteiger partial charge on any atom is 3.00 e. The molecule has 0 saturated heterocycles. The van der Waals surface area contributed by atoms with Gasteiger partial charge in [0, 0.05) is 0 Å². The first-order valence-electron chi connectivity index (χ1n) is 9.86. The monoisotopic (exact) mass is 643 g/mol. The Kier molecular flexibility index (Phi) is 18.9. The molecule has 0 amide bonds. The molecule has 0 heterocycles. The summed E-state index contributed by atoms with van der Waals surface area (Å²) in [6.07, 6.45) is 2.50. The van der Waals surface area contributed by atoms with Crippen LogP contribution in [0.4, 0.5) is 43.9 Å². The molecule has 0 bridgehead atoms. The van der Waals surface area contributed by atoms with Crippen molar-refractivity contribution >= 4 is 14.6 Å². The quantitative estimate of drug-likeness (QED) is 0.145. The van der Waals surface area contributed by atoms with E-state index in [2.05, 4.69) is 28.5 Å². The summed E-state index contributed by atoms with van der Waals surface area (Å²) in [6, 6.07) is 0. The van der Waals surface area contributed by atoms with E-state index in [4.69, 9.17) is 5.02 Å². The normalized spacial score (nSPS) is 9.89. The van der Waals surface area contributed by atoms with Crippen molar-refractivity contribution in [3.8, 4) is 11.5 Å². The van der Waals surface area contributed by atoms with Crippen LogP contribution in [0.5, 0.6) is 11.5 Å². The Hall–Kier alpha value is -1.63. The first-order chi connectivity index (χ1) is 17.1. The SMILES string of the molecule is CCCNCCC.[O-]B(O)Oc1c(F)c(F)c(F)c(F)c1F.[O-]B([O-])Oc1c(F)c(F)c(F)c(F)c1F.[Y+3]. The third-order valence-electron chi connectivity index (χ3n) is 3.63. The number of nitrogens with one attached hydrogen (secondary N) is 1. The average Bonchev–Trinajstić information content (AvgIpc) is 2.85. The summed E-state index contributed by atoms with van der Waals surface area (Å²) in [7, 11) is -6.14. The third-order valence-corrected chi connectivity index (χ3v) is 3.63. The summed E-state index contributed by atoms with van der Waals surface area (Å²) in [6.45, 7) is 6.72. The topological polar surface area (TPSA) is 120 Å². The summed E-state index contributed by atoms with van der Waals surface area (Å²) in [5, 5.41) is 41.0. The standard InChI is InChI=1S/C6HBF5O3.C6BF5O3.C6H15N.Y/c2*8-1-2(9)4(11)6(15-7(13)14)5(12)3(1)10;1-3-5-7-6-4-2;/h13H;;7H,3-6H2,1-2H3;/q-1;-2;;+3. The Morgan fingerprint density at radius 1 is 0.579 bits per heavy atom. The van der Waals surface area contributed by atoms with Gasteiger partial charge in [-0.1, -0.05) is 13.8 Å². The zero-order valence-electron chi connectivity index (χ0n) is 19.3. The van der Waals surface area contributed by atoms with Gasteiger partial charge in [0.25, 0.3) is 0 Å². The number of rotatable bonds is 8. The van der Waals surface area contributed by atoms with Crippen LogP contribution < -0.4 is 29.7 Å². The van der Waals surface area contributed by atoms with Crippen LogP contribution in [-0.4, -0.2) is 32.8 Å². The molecule has 208 valence electrons. The molecule has 0 fully saturated rings. The molecule has 0 unspecified atom stereocenters. The number of hydrogen-bond donors (Lipinski definition) is 2. The summed E-state index contributed by atoms with van der Waals surface area (Å²) < 4.78 is 132. The number of halogens is 10. The van der Waals surface area contributed by atoms with Gasteiger partial charge in [-0.15, -0.1) is 0 Å². The van der Waals surface area contributed by atoms with Gasteiger partial charge in [-0.3, -0.25) is 0 Å². The Morgan fingerprint density at radius 2 is 0.842 bits per heavy atom. The van der Waals surface area contributed by atoms with E-state index in [1.807, 2.05) is 0 Å². The van der Waals surface area contributed by atoms with Crippen molar-refractivity contribution in [2.75, 3.05) is 13.1 Å². The van der Waals surface area contributed by atoms with E-state index in [1.54, 1.807) is 0 Å². The van der Waals surface area contributed by atoms with Crippen LogP contribution in [0.3, 0.4) is 0 Å². The molecule has 0 radical (unpaired) electrons. The van der Waals surface area contributed by atoms with Crippen LogP contribution in [0.15, 0.2) is 0 Å². The van der Waals surface area contributed by atoms with Crippen molar-refractivity contribution in [2.24, 2.45) is 0 Å². The van der Waals surface area contributed by atoms with E-state index in [1.165, 1.54) is 25.9 Å². The van der Waals surface area contributed by atoms with Crippen molar-refractivity contribution in [1.29, 1.82) is 0 Å². The van der Waals surface area contributed by atoms with Crippen molar-refractivity contribution in [1.82, 2.24) is 5.32 Å². The molecule has 7 nitrogen and oxygen atoms in total. The predicted molar refractivity (Wildman–Crippen MR) is 101 cm³/mol. The van der Waals surface area contributed by atoms with Gasteiger partial charge in [-0.2, -0.15) is 17.6 Å². The molecule has 0 saturated carbocycles. The molecule has 0 spiro atoms. The minimum Gasteiger partial charge on any atom is -0.860 e. The number of hydrogen-bond acceptors (Lipinski definition) is 7. The molecular weight excluding hydrogens is 627 g/mol. The van der Waals surface area contributed by atoms with Crippen molar-refractivity contribution in [3.05, 3.63) is 58.2 Å². The fraction of sp³-hybridized carbons (Fsp3) is 0.333. The van der Waals surface area contributed by atoms with Crippen LogP contribution in [0.25, 0.3) is 0 Å². The smallest absolute Gasteiger partial charge is 0.860 e. The van der Waals surface area contributed by atoms with Gasteiger partial charge < -0.3 is 34.7 Å². The zero-order chi connectivity index (χ0) is 29.0. The maximum atomic E-state index is 12.7. The Morgan fingerprint density at radius 3 is 1.08 bits per heavy atom. The van der Waals surface area contributed by atoms with Crippen LogP contribution >= 0.6 is 0 Å². The van der Waals surface area contributed by atoms with Crippen LogP contribution in [-0.2, 0) is 32.7 Å². The van der Waals surface area contributed by atoms with Crippen molar-refractivity contribution in [2.45, 2.75) is 26.7 Å². The molecule has 0 aromatic heterocycles. The second-order valence-electron chi connectivity index (χ2n) is 6.38. The molecule has 2 N–H and O–H groups in total. The van der Waals surface area contributed by atoms with Crippen LogP contribution in [0, 0.1) is 58.2 Å². The van der Waals surface area contributed by atoms with Gasteiger partial charge in [-0.05, 0) is 25.9 Å². The molecule has 0 aliphatic carbocycles. The minimum absolute atomic E-state index is 0. The van der Waals surface area contributed by atoms with Gasteiger partial charge in [0.2, 0.25) is 58.2 Å². The second-order valence-corrected chi connectivity index (χ2v) is 6.38. The first kappa shape index (κ1) is 38.5. The Bertz CT molecular complexity index is 905. The zero-order valence-corrected chi connectivity index (χ0v) is 22.2. The molecule has 0 aliphatic rings. The van der Waals surface area contributed by atoms with Gasteiger partial charge in [0.15, 0.2) is 11.5 Å². The molecule has 2 aromatic rings. The maximum absolute atomic E-state index is 12.7. The summed E-state index contributed by atoms with van der Waals surface area (Å²) >= 11 is 0. The van der Waals surface area contributed by atoms with Crippen molar-refractivity contribution in [3.63, 3.8) is 0 Å². The third kappa shape index (κ3) is 11.2. The average molecular weight is 643 g/mol. The van der Waals surface area contributed by atoms with E-state index >= 15 is 0 Å². The molecule has 0 atom stereocenters. The van der Waals surface area contributed by atoms with Gasteiger partial charge in [-0.25, -0.2) is 26.3 Å². The summed E-state index contributed by atoms with van der Waals surface area (Å²) in [5.41, 5.74) is 0.